The Morgan fingerprint density at radius 1 is 1.22 bits per heavy atom. The largest absolute Gasteiger partial charge is 0.481 e. The SMILES string of the molecule is CC(C)(COC(C)(C)CN)NC(=O)CCC(=O)O. The van der Waals surface area contributed by atoms with Gasteiger partial charge in [-0.3, -0.25) is 9.59 Å². The van der Waals surface area contributed by atoms with Gasteiger partial charge in [0.2, 0.25) is 5.91 Å². The fourth-order valence-corrected chi connectivity index (χ4v) is 1.13. The normalized spacial score (nSPS) is 12.3. The molecule has 0 saturated carbocycles. The quantitative estimate of drug-likeness (QED) is 0.590. The van der Waals surface area contributed by atoms with E-state index in [1.165, 1.54) is 0 Å². The number of carbonyl (C=O) groups is 2. The van der Waals surface area contributed by atoms with E-state index in [0.717, 1.165) is 0 Å². The molecule has 0 atom stereocenters. The van der Waals surface area contributed by atoms with Crippen LogP contribution in [0.15, 0.2) is 0 Å². The smallest absolute Gasteiger partial charge is 0.303 e. The highest BCUT2D eigenvalue weighted by molar-refractivity contribution is 5.81. The van der Waals surface area contributed by atoms with Crippen molar-refractivity contribution in [2.24, 2.45) is 5.73 Å². The van der Waals surface area contributed by atoms with Gasteiger partial charge in [0.25, 0.3) is 0 Å². The van der Waals surface area contributed by atoms with Gasteiger partial charge in [-0.1, -0.05) is 0 Å². The van der Waals surface area contributed by atoms with Crippen LogP contribution in [0.1, 0.15) is 40.5 Å². The minimum Gasteiger partial charge on any atom is -0.481 e. The van der Waals surface area contributed by atoms with E-state index in [2.05, 4.69) is 5.32 Å². The Morgan fingerprint density at radius 3 is 2.22 bits per heavy atom. The highest BCUT2D eigenvalue weighted by Crippen LogP contribution is 2.12. The summed E-state index contributed by atoms with van der Waals surface area (Å²) >= 11 is 0. The van der Waals surface area contributed by atoms with Crippen LogP contribution in [0.3, 0.4) is 0 Å². The third-order valence-corrected chi connectivity index (χ3v) is 2.36. The summed E-state index contributed by atoms with van der Waals surface area (Å²) in [5.41, 5.74) is 4.55. The van der Waals surface area contributed by atoms with Crippen molar-refractivity contribution < 1.29 is 19.4 Å². The average molecular weight is 260 g/mol. The fraction of sp³-hybridized carbons (Fsp3) is 0.833. The van der Waals surface area contributed by atoms with Crippen molar-refractivity contribution in [1.82, 2.24) is 5.32 Å². The molecule has 0 saturated heterocycles. The minimum atomic E-state index is -0.983. The zero-order valence-corrected chi connectivity index (χ0v) is 11.6. The molecule has 0 unspecified atom stereocenters. The highest BCUT2D eigenvalue weighted by atomic mass is 16.5. The van der Waals surface area contributed by atoms with E-state index in [1.807, 2.05) is 27.7 Å². The fourth-order valence-electron chi connectivity index (χ4n) is 1.13. The van der Waals surface area contributed by atoms with Crippen molar-refractivity contribution in [3.8, 4) is 0 Å². The molecular formula is C12H24N2O4. The van der Waals surface area contributed by atoms with Gasteiger partial charge in [-0.05, 0) is 27.7 Å². The number of hydrogen-bond acceptors (Lipinski definition) is 4. The number of carboxylic acid groups (broad SMARTS) is 1. The second-order valence-electron chi connectivity index (χ2n) is 5.58. The van der Waals surface area contributed by atoms with E-state index in [0.29, 0.717) is 13.2 Å². The van der Waals surface area contributed by atoms with Crippen LogP contribution in [0.4, 0.5) is 0 Å². The maximum Gasteiger partial charge on any atom is 0.303 e. The van der Waals surface area contributed by atoms with Gasteiger partial charge in [-0.2, -0.15) is 0 Å². The molecule has 106 valence electrons. The van der Waals surface area contributed by atoms with Crippen LogP contribution >= 0.6 is 0 Å². The molecule has 0 radical (unpaired) electrons. The summed E-state index contributed by atoms with van der Waals surface area (Å²) in [6.07, 6.45) is -0.198. The van der Waals surface area contributed by atoms with Gasteiger partial charge >= 0.3 is 5.97 Å². The molecule has 0 aromatic carbocycles. The molecule has 0 aliphatic rings. The van der Waals surface area contributed by atoms with E-state index in [9.17, 15) is 9.59 Å². The van der Waals surface area contributed by atoms with Gasteiger partial charge in [-0.15, -0.1) is 0 Å². The maximum absolute atomic E-state index is 11.5. The molecule has 6 heteroatoms. The van der Waals surface area contributed by atoms with E-state index >= 15 is 0 Å². The number of nitrogens with two attached hydrogens (primary N) is 1. The molecule has 0 aromatic rings. The molecule has 4 N–H and O–H groups in total. The lowest BCUT2D eigenvalue weighted by molar-refractivity contribution is -0.139. The standard InChI is InChI=1S/C12H24N2O4/c1-11(2,8-18-12(3,4)7-13)14-9(15)5-6-10(16)17/h5-8,13H2,1-4H3,(H,14,15)(H,16,17). The molecule has 0 aliphatic carbocycles. The van der Waals surface area contributed by atoms with Crippen molar-refractivity contribution in [1.29, 1.82) is 0 Å². The predicted octanol–water partition coefficient (Wildman–Crippen LogP) is 0.500. The van der Waals surface area contributed by atoms with Crippen LogP contribution in [0.2, 0.25) is 0 Å². The number of ether oxygens (including phenoxy) is 1. The predicted molar refractivity (Wildman–Crippen MR) is 68.2 cm³/mol. The molecule has 0 spiro atoms. The van der Waals surface area contributed by atoms with Crippen molar-refractivity contribution in [2.45, 2.75) is 51.7 Å². The second-order valence-corrected chi connectivity index (χ2v) is 5.58. The summed E-state index contributed by atoms with van der Waals surface area (Å²) in [6.45, 7) is 8.08. The molecule has 0 rings (SSSR count). The van der Waals surface area contributed by atoms with Gasteiger partial charge in [0, 0.05) is 13.0 Å². The molecule has 1 amide bonds. The van der Waals surface area contributed by atoms with E-state index < -0.39 is 17.1 Å². The van der Waals surface area contributed by atoms with Crippen molar-refractivity contribution in [2.75, 3.05) is 13.2 Å². The van der Waals surface area contributed by atoms with E-state index in [4.69, 9.17) is 15.6 Å². The Kier molecular flexibility index (Phi) is 6.28. The zero-order valence-electron chi connectivity index (χ0n) is 11.6. The molecule has 0 fully saturated rings. The Balaban J connectivity index is 4.14. The van der Waals surface area contributed by atoms with Crippen LogP contribution in [0, 0.1) is 0 Å². The van der Waals surface area contributed by atoms with Gasteiger partial charge in [0.05, 0.1) is 24.2 Å². The summed E-state index contributed by atoms with van der Waals surface area (Å²) in [5.74, 6) is -1.28. The Bertz CT molecular complexity index is 300. The first-order valence-corrected chi connectivity index (χ1v) is 5.95. The topological polar surface area (TPSA) is 102 Å². The summed E-state index contributed by atoms with van der Waals surface area (Å²) in [4.78, 5) is 21.8. The molecule has 18 heavy (non-hydrogen) atoms. The van der Waals surface area contributed by atoms with Crippen molar-refractivity contribution in [3.05, 3.63) is 0 Å². The lowest BCUT2D eigenvalue weighted by atomic mass is 10.1. The third kappa shape index (κ3) is 8.03. The van der Waals surface area contributed by atoms with Crippen LogP contribution < -0.4 is 11.1 Å². The molecule has 0 heterocycles. The van der Waals surface area contributed by atoms with E-state index in [1.54, 1.807) is 0 Å². The monoisotopic (exact) mass is 260 g/mol. The molecule has 0 bridgehead atoms. The zero-order chi connectivity index (χ0) is 14.4. The van der Waals surface area contributed by atoms with Crippen LogP contribution in [0.5, 0.6) is 0 Å². The van der Waals surface area contributed by atoms with Crippen molar-refractivity contribution in [3.63, 3.8) is 0 Å². The number of carboxylic acids is 1. The first kappa shape index (κ1) is 16.9. The average Bonchev–Trinajstić information content (AvgIpc) is 2.24. The van der Waals surface area contributed by atoms with Crippen LogP contribution in [-0.2, 0) is 14.3 Å². The lowest BCUT2D eigenvalue weighted by Crippen LogP contribution is -2.49. The lowest BCUT2D eigenvalue weighted by Gasteiger charge is -2.31. The molecule has 6 nitrogen and oxygen atoms in total. The summed E-state index contributed by atoms with van der Waals surface area (Å²) in [6, 6.07) is 0. The molecule has 0 aliphatic heterocycles. The van der Waals surface area contributed by atoms with Crippen LogP contribution in [0.25, 0.3) is 0 Å². The first-order chi connectivity index (χ1) is 8.08. The highest BCUT2D eigenvalue weighted by Gasteiger charge is 2.25. The summed E-state index contributed by atoms with van der Waals surface area (Å²) in [7, 11) is 0. The van der Waals surface area contributed by atoms with Gasteiger partial charge < -0.3 is 20.9 Å². The maximum atomic E-state index is 11.5. The molecular weight excluding hydrogens is 236 g/mol. The van der Waals surface area contributed by atoms with Crippen molar-refractivity contribution >= 4 is 11.9 Å². The number of carbonyl (C=O) groups excluding carboxylic acids is 1. The number of rotatable bonds is 8. The molecule has 0 aromatic heterocycles. The minimum absolute atomic E-state index is 0.0287. The Hall–Kier alpha value is -1.14. The van der Waals surface area contributed by atoms with Crippen LogP contribution in [-0.4, -0.2) is 41.3 Å². The second kappa shape index (κ2) is 6.70. The number of hydrogen-bond donors (Lipinski definition) is 3. The van der Waals surface area contributed by atoms with Gasteiger partial charge in [0.15, 0.2) is 0 Å². The number of aliphatic carboxylic acids is 1. The summed E-state index contributed by atoms with van der Waals surface area (Å²) in [5, 5.41) is 11.2. The first-order valence-electron chi connectivity index (χ1n) is 5.95. The van der Waals surface area contributed by atoms with Gasteiger partial charge in [-0.25, -0.2) is 0 Å². The third-order valence-electron chi connectivity index (χ3n) is 2.36. The summed E-state index contributed by atoms with van der Waals surface area (Å²) < 4.78 is 5.61. The Labute approximate surface area is 108 Å². The number of nitrogens with one attached hydrogen (secondary N) is 1. The van der Waals surface area contributed by atoms with E-state index in [-0.39, 0.29) is 18.7 Å². The Morgan fingerprint density at radius 2 is 1.78 bits per heavy atom. The number of amides is 1. The van der Waals surface area contributed by atoms with Gasteiger partial charge in [0.1, 0.15) is 0 Å².